The summed E-state index contributed by atoms with van der Waals surface area (Å²) in [6.07, 6.45) is 4.05. The molecule has 0 spiro atoms. The van der Waals surface area contributed by atoms with E-state index in [0.29, 0.717) is 0 Å². The third-order valence-electron chi connectivity index (χ3n) is 3.00. The van der Waals surface area contributed by atoms with Gasteiger partial charge in [-0.2, -0.15) is 0 Å². The largest absolute Gasteiger partial charge is 0.316 e. The molecule has 0 aliphatic heterocycles. The molecule has 2 aromatic heterocycles. The van der Waals surface area contributed by atoms with Crippen molar-refractivity contribution in [2.24, 2.45) is 0 Å². The maximum absolute atomic E-state index is 4.51. The first-order valence-corrected chi connectivity index (χ1v) is 6.04. The molecular formula is C15H15N3. The number of hydrogen-bond donors (Lipinski definition) is 1. The summed E-state index contributed by atoms with van der Waals surface area (Å²) in [5.41, 5.74) is 3.51. The van der Waals surface area contributed by atoms with Crippen molar-refractivity contribution in [1.29, 1.82) is 0 Å². The van der Waals surface area contributed by atoms with E-state index in [9.17, 15) is 0 Å². The number of rotatable bonds is 3. The third-order valence-corrected chi connectivity index (χ3v) is 3.00. The van der Waals surface area contributed by atoms with Crippen LogP contribution in [0.2, 0.25) is 0 Å². The lowest BCUT2D eigenvalue weighted by atomic mass is 10.2. The molecule has 3 rings (SSSR count). The number of aromatic nitrogens is 2. The molecule has 3 heteroatoms. The second-order valence-electron chi connectivity index (χ2n) is 4.31. The zero-order valence-corrected chi connectivity index (χ0v) is 10.3. The van der Waals surface area contributed by atoms with E-state index < -0.39 is 0 Å². The SMILES string of the molecule is CNCc1ccc2cnc(-c3ccccc3)n2c1. The van der Waals surface area contributed by atoms with E-state index in [0.717, 1.165) is 23.4 Å². The van der Waals surface area contributed by atoms with Gasteiger partial charge in [-0.1, -0.05) is 36.4 Å². The lowest BCUT2D eigenvalue weighted by molar-refractivity contribution is 0.811. The zero-order valence-electron chi connectivity index (χ0n) is 10.3. The number of fused-ring (bicyclic) bond motifs is 1. The monoisotopic (exact) mass is 237 g/mol. The summed E-state index contributed by atoms with van der Waals surface area (Å²) in [6, 6.07) is 14.5. The van der Waals surface area contributed by atoms with Crippen molar-refractivity contribution in [3.8, 4) is 11.4 Å². The summed E-state index contributed by atoms with van der Waals surface area (Å²) in [5.74, 6) is 0.989. The van der Waals surface area contributed by atoms with Gasteiger partial charge in [-0.25, -0.2) is 4.98 Å². The first kappa shape index (κ1) is 11.0. The van der Waals surface area contributed by atoms with E-state index in [1.54, 1.807) is 0 Å². The Balaban J connectivity index is 2.15. The van der Waals surface area contributed by atoms with Crippen LogP contribution >= 0.6 is 0 Å². The van der Waals surface area contributed by atoms with Gasteiger partial charge in [0.05, 0.1) is 11.7 Å². The van der Waals surface area contributed by atoms with Crippen molar-refractivity contribution in [3.63, 3.8) is 0 Å². The maximum atomic E-state index is 4.51. The van der Waals surface area contributed by atoms with Gasteiger partial charge in [-0.05, 0) is 18.7 Å². The molecule has 3 nitrogen and oxygen atoms in total. The van der Waals surface area contributed by atoms with E-state index in [-0.39, 0.29) is 0 Å². The second-order valence-corrected chi connectivity index (χ2v) is 4.31. The van der Waals surface area contributed by atoms with Crippen LogP contribution in [0.4, 0.5) is 0 Å². The average Bonchev–Trinajstić information content (AvgIpc) is 2.83. The predicted molar refractivity (Wildman–Crippen MR) is 73.4 cm³/mol. The number of nitrogens with zero attached hydrogens (tertiary/aromatic N) is 2. The van der Waals surface area contributed by atoms with Crippen molar-refractivity contribution in [2.75, 3.05) is 7.05 Å². The average molecular weight is 237 g/mol. The summed E-state index contributed by atoms with van der Waals surface area (Å²) < 4.78 is 2.14. The van der Waals surface area contributed by atoms with Crippen LogP contribution in [0.1, 0.15) is 5.56 Å². The van der Waals surface area contributed by atoms with Gasteiger partial charge in [-0.15, -0.1) is 0 Å². The Morgan fingerprint density at radius 3 is 2.72 bits per heavy atom. The van der Waals surface area contributed by atoms with E-state index in [1.165, 1.54) is 5.56 Å². The highest BCUT2D eigenvalue weighted by Crippen LogP contribution is 2.19. The smallest absolute Gasteiger partial charge is 0.144 e. The molecule has 0 aliphatic carbocycles. The minimum absolute atomic E-state index is 0.863. The molecule has 0 radical (unpaired) electrons. The zero-order chi connectivity index (χ0) is 12.4. The molecule has 1 aromatic carbocycles. The van der Waals surface area contributed by atoms with E-state index >= 15 is 0 Å². The molecule has 3 aromatic rings. The molecule has 1 N–H and O–H groups in total. The molecule has 0 saturated heterocycles. The van der Waals surface area contributed by atoms with Gasteiger partial charge in [0.1, 0.15) is 5.82 Å². The molecule has 90 valence electrons. The molecule has 0 bridgehead atoms. The number of imidazole rings is 1. The Bertz CT molecular complexity index is 656. The van der Waals surface area contributed by atoms with Crippen molar-refractivity contribution in [1.82, 2.24) is 14.7 Å². The molecule has 0 atom stereocenters. The number of pyridine rings is 1. The highest BCUT2D eigenvalue weighted by Gasteiger charge is 2.05. The minimum atomic E-state index is 0.863. The first-order chi connectivity index (χ1) is 8.88. The Kier molecular flexibility index (Phi) is 2.82. The van der Waals surface area contributed by atoms with Crippen molar-refractivity contribution < 1.29 is 0 Å². The number of nitrogens with one attached hydrogen (secondary N) is 1. The molecule has 0 saturated carbocycles. The topological polar surface area (TPSA) is 29.3 Å². The fourth-order valence-corrected chi connectivity index (χ4v) is 2.14. The first-order valence-electron chi connectivity index (χ1n) is 6.04. The van der Waals surface area contributed by atoms with Crippen LogP contribution in [-0.4, -0.2) is 16.4 Å². The van der Waals surface area contributed by atoms with Gasteiger partial charge in [0.15, 0.2) is 0 Å². The molecule has 0 unspecified atom stereocenters. The fourth-order valence-electron chi connectivity index (χ4n) is 2.14. The van der Waals surface area contributed by atoms with Crippen molar-refractivity contribution in [3.05, 3.63) is 60.4 Å². The van der Waals surface area contributed by atoms with E-state index in [1.807, 2.05) is 31.4 Å². The highest BCUT2D eigenvalue weighted by molar-refractivity contribution is 5.62. The lowest BCUT2D eigenvalue weighted by Gasteiger charge is -2.04. The summed E-state index contributed by atoms with van der Waals surface area (Å²) in [4.78, 5) is 4.51. The molecule has 0 aliphatic rings. The van der Waals surface area contributed by atoms with Crippen molar-refractivity contribution >= 4 is 5.52 Å². The van der Waals surface area contributed by atoms with Gasteiger partial charge in [0.2, 0.25) is 0 Å². The number of benzene rings is 1. The standard InChI is InChI=1S/C15H15N3/c1-16-9-12-7-8-14-10-17-15(18(14)11-12)13-5-3-2-4-6-13/h2-8,10-11,16H,9H2,1H3. The van der Waals surface area contributed by atoms with Gasteiger partial charge < -0.3 is 5.32 Å². The van der Waals surface area contributed by atoms with Gasteiger partial charge in [0, 0.05) is 18.3 Å². The fraction of sp³-hybridized carbons (Fsp3) is 0.133. The molecule has 0 amide bonds. The summed E-state index contributed by atoms with van der Waals surface area (Å²) in [6.45, 7) is 0.863. The van der Waals surface area contributed by atoms with E-state index in [2.05, 4.69) is 45.2 Å². The van der Waals surface area contributed by atoms with Gasteiger partial charge in [0.25, 0.3) is 0 Å². The number of hydrogen-bond acceptors (Lipinski definition) is 2. The summed E-state index contributed by atoms with van der Waals surface area (Å²) in [7, 11) is 1.95. The molecule has 0 fully saturated rings. The second kappa shape index (κ2) is 4.63. The predicted octanol–water partition coefficient (Wildman–Crippen LogP) is 2.72. The maximum Gasteiger partial charge on any atom is 0.144 e. The molecule has 2 heterocycles. The Morgan fingerprint density at radius 1 is 1.11 bits per heavy atom. The van der Waals surface area contributed by atoms with Crippen LogP contribution in [0, 0.1) is 0 Å². The minimum Gasteiger partial charge on any atom is -0.316 e. The molecule has 18 heavy (non-hydrogen) atoms. The van der Waals surface area contributed by atoms with Crippen LogP contribution in [0.25, 0.3) is 16.9 Å². The van der Waals surface area contributed by atoms with Crippen LogP contribution < -0.4 is 5.32 Å². The highest BCUT2D eigenvalue weighted by atomic mass is 15.0. The Morgan fingerprint density at radius 2 is 1.94 bits per heavy atom. The van der Waals surface area contributed by atoms with Crippen LogP contribution in [-0.2, 0) is 6.54 Å². The summed E-state index contributed by atoms with van der Waals surface area (Å²) >= 11 is 0. The third kappa shape index (κ3) is 1.89. The van der Waals surface area contributed by atoms with E-state index in [4.69, 9.17) is 0 Å². The Hall–Kier alpha value is -2.13. The quantitative estimate of drug-likeness (QED) is 0.759. The Labute approximate surface area is 106 Å². The molecular weight excluding hydrogens is 222 g/mol. The lowest BCUT2D eigenvalue weighted by Crippen LogP contribution is -2.05. The normalized spacial score (nSPS) is 10.9. The summed E-state index contributed by atoms with van der Waals surface area (Å²) in [5, 5.41) is 3.17. The van der Waals surface area contributed by atoms with Crippen molar-refractivity contribution in [2.45, 2.75) is 6.54 Å². The van der Waals surface area contributed by atoms with Gasteiger partial charge >= 0.3 is 0 Å². The van der Waals surface area contributed by atoms with Gasteiger partial charge in [-0.3, -0.25) is 4.40 Å². The van der Waals surface area contributed by atoms with Crippen LogP contribution in [0.5, 0.6) is 0 Å². The van der Waals surface area contributed by atoms with Crippen LogP contribution in [0.3, 0.4) is 0 Å². The van der Waals surface area contributed by atoms with Crippen LogP contribution in [0.15, 0.2) is 54.9 Å².